The van der Waals surface area contributed by atoms with Crippen LogP contribution in [0.4, 0.5) is 11.6 Å². The highest BCUT2D eigenvalue weighted by Gasteiger charge is 2.48. The number of pyridine rings is 1. The van der Waals surface area contributed by atoms with E-state index >= 15 is 0 Å². The average molecular weight is 460 g/mol. The first-order valence-electron chi connectivity index (χ1n) is 11.1. The van der Waals surface area contributed by atoms with Crippen LogP contribution in [0.25, 0.3) is 22.6 Å². The van der Waals surface area contributed by atoms with E-state index < -0.39 is 5.41 Å². The number of nitrogen functional groups attached to an aromatic ring is 1. The lowest BCUT2D eigenvalue weighted by Gasteiger charge is -2.22. The molecule has 11 heteroatoms. The summed E-state index contributed by atoms with van der Waals surface area (Å²) in [6, 6.07) is 3.49. The molecule has 0 spiro atoms. The Morgan fingerprint density at radius 1 is 1.18 bits per heavy atom. The first-order chi connectivity index (χ1) is 16.4. The van der Waals surface area contributed by atoms with Gasteiger partial charge in [-0.3, -0.25) is 14.5 Å². The van der Waals surface area contributed by atoms with Gasteiger partial charge in [0, 0.05) is 13.5 Å². The molecule has 3 N–H and O–H groups in total. The number of carbonyl (C=O) groups is 1. The van der Waals surface area contributed by atoms with Crippen molar-refractivity contribution in [3.05, 3.63) is 41.6 Å². The predicted octanol–water partition coefficient (Wildman–Crippen LogP) is 2.41. The highest BCUT2D eigenvalue weighted by atomic mass is 16.5. The van der Waals surface area contributed by atoms with Gasteiger partial charge in [0.15, 0.2) is 11.5 Å². The number of aryl methyl sites for hydroxylation is 2. The summed E-state index contributed by atoms with van der Waals surface area (Å²) in [5, 5.41) is 7.90. The second kappa shape index (κ2) is 8.01. The minimum atomic E-state index is -1.15. The number of amides is 1. The van der Waals surface area contributed by atoms with Crippen LogP contribution in [-0.4, -0.2) is 47.7 Å². The minimum absolute atomic E-state index is 0.184. The molecule has 1 amide bonds. The number of rotatable bonds is 6. The first kappa shape index (κ1) is 21.7. The number of unbranched alkanes of at least 4 members (excludes halogenated alkanes) is 1. The normalized spacial score (nSPS) is 17.1. The monoisotopic (exact) mass is 459 g/mol. The van der Waals surface area contributed by atoms with E-state index in [1.807, 2.05) is 7.05 Å². The topological polar surface area (TPSA) is 147 Å². The van der Waals surface area contributed by atoms with E-state index in [1.165, 1.54) is 0 Å². The van der Waals surface area contributed by atoms with Crippen LogP contribution < -0.4 is 15.8 Å². The number of methoxy groups -OCH3 is 1. The highest BCUT2D eigenvalue weighted by molar-refractivity contribution is 6.09. The fourth-order valence-electron chi connectivity index (χ4n) is 4.24. The number of fused-ring (bicyclic) bond motifs is 2. The van der Waals surface area contributed by atoms with Crippen LogP contribution in [0.1, 0.15) is 43.8 Å². The summed E-state index contributed by atoms with van der Waals surface area (Å²) in [5.74, 6) is 1.83. The number of nitrogens with one attached hydrogen (secondary N) is 1. The summed E-state index contributed by atoms with van der Waals surface area (Å²) in [4.78, 5) is 36.2. The van der Waals surface area contributed by atoms with Gasteiger partial charge in [0.2, 0.25) is 5.91 Å². The predicted molar refractivity (Wildman–Crippen MR) is 126 cm³/mol. The number of nitrogens with two attached hydrogens (primary N) is 1. The molecule has 1 aliphatic heterocycles. The maximum atomic E-state index is 13.2. The summed E-state index contributed by atoms with van der Waals surface area (Å²) in [5.41, 5.74) is 7.53. The Hall–Kier alpha value is -4.15. The molecule has 1 atom stereocenters. The van der Waals surface area contributed by atoms with Gasteiger partial charge in [-0.2, -0.15) is 5.10 Å². The van der Waals surface area contributed by atoms with Crippen molar-refractivity contribution in [1.29, 1.82) is 0 Å². The summed E-state index contributed by atoms with van der Waals surface area (Å²) < 4.78 is 6.88. The minimum Gasteiger partial charge on any atom is -0.495 e. The Bertz CT molecular complexity index is 1410. The van der Waals surface area contributed by atoms with E-state index in [0.717, 1.165) is 19.3 Å². The first-order valence-corrected chi connectivity index (χ1v) is 11.1. The molecular weight excluding hydrogens is 434 g/mol. The molecule has 5 rings (SSSR count). The van der Waals surface area contributed by atoms with Crippen LogP contribution in [0.5, 0.6) is 5.75 Å². The summed E-state index contributed by atoms with van der Waals surface area (Å²) >= 11 is 0. The molecule has 0 saturated heterocycles. The van der Waals surface area contributed by atoms with Crippen molar-refractivity contribution in [3.8, 4) is 17.3 Å². The van der Waals surface area contributed by atoms with E-state index in [2.05, 4.69) is 37.3 Å². The fraction of sp³-hybridized carbons (Fsp3) is 0.348. The number of hydrogen-bond acceptors (Lipinski definition) is 9. The molecule has 0 bridgehead atoms. The van der Waals surface area contributed by atoms with Gasteiger partial charge >= 0.3 is 0 Å². The van der Waals surface area contributed by atoms with Crippen molar-refractivity contribution in [2.75, 3.05) is 18.2 Å². The third kappa shape index (κ3) is 3.23. The molecule has 4 aromatic rings. The largest absolute Gasteiger partial charge is 0.495 e. The number of aromatic nitrogens is 7. The van der Waals surface area contributed by atoms with Gasteiger partial charge < -0.3 is 15.8 Å². The smallest absolute Gasteiger partial charge is 0.242 e. The number of hydrogen-bond donors (Lipinski definition) is 2. The summed E-state index contributed by atoms with van der Waals surface area (Å²) in [6.07, 6.45) is 5.96. The molecule has 0 fully saturated rings. The van der Waals surface area contributed by atoms with Crippen LogP contribution in [-0.2, 0) is 23.7 Å². The molecule has 0 aliphatic carbocycles. The SMILES string of the molecule is CCCCc1nc(-c2nc(N)c3c(n2)NC(=O)C3(C)c2ccc(OC)cn2)c2cnn(C)c2n1. The third-order valence-corrected chi connectivity index (χ3v) is 6.21. The quantitative estimate of drug-likeness (QED) is 0.443. The zero-order chi connectivity index (χ0) is 24.0. The average Bonchev–Trinajstić information content (AvgIpc) is 3.34. The van der Waals surface area contributed by atoms with Crippen molar-refractivity contribution in [2.24, 2.45) is 7.05 Å². The molecule has 1 unspecified atom stereocenters. The third-order valence-electron chi connectivity index (χ3n) is 6.21. The van der Waals surface area contributed by atoms with Gasteiger partial charge in [-0.1, -0.05) is 13.3 Å². The standard InChI is InChI=1S/C23H25N9O2/c1-5-6-7-15-27-17(13-11-26-32(3)21(13)28-15)20-29-18(24)16-19(30-20)31-22(33)23(16,2)14-9-8-12(34-4)10-25-14/h8-11H,5-7H2,1-4H3,(H3,24,29,30,31,33). The molecule has 0 aromatic carbocycles. The Morgan fingerprint density at radius 2 is 2.00 bits per heavy atom. The number of ether oxygens (including phenoxy) is 1. The molecule has 11 nitrogen and oxygen atoms in total. The Kier molecular flexibility index (Phi) is 5.11. The molecule has 0 radical (unpaired) electrons. The maximum absolute atomic E-state index is 13.2. The van der Waals surface area contributed by atoms with E-state index in [4.69, 9.17) is 15.5 Å². The van der Waals surface area contributed by atoms with Gasteiger partial charge in [0.25, 0.3) is 0 Å². The van der Waals surface area contributed by atoms with Gasteiger partial charge in [-0.05, 0) is 25.5 Å². The molecule has 174 valence electrons. The molecule has 4 aromatic heterocycles. The van der Waals surface area contributed by atoms with E-state index in [1.54, 1.807) is 43.2 Å². The zero-order valence-corrected chi connectivity index (χ0v) is 19.5. The van der Waals surface area contributed by atoms with Crippen LogP contribution in [0.3, 0.4) is 0 Å². The lowest BCUT2D eigenvalue weighted by molar-refractivity contribution is -0.119. The van der Waals surface area contributed by atoms with Gasteiger partial charge in [0.1, 0.15) is 34.3 Å². The molecular formula is C23H25N9O2. The van der Waals surface area contributed by atoms with Crippen molar-refractivity contribution in [1.82, 2.24) is 34.7 Å². The Morgan fingerprint density at radius 3 is 2.71 bits per heavy atom. The number of nitrogens with zero attached hydrogens (tertiary/aromatic N) is 7. The maximum Gasteiger partial charge on any atom is 0.242 e. The van der Waals surface area contributed by atoms with Crippen molar-refractivity contribution in [3.63, 3.8) is 0 Å². The van der Waals surface area contributed by atoms with Gasteiger partial charge in [0.05, 0.1) is 36.1 Å². The fourth-order valence-corrected chi connectivity index (χ4v) is 4.24. The molecule has 1 aliphatic rings. The van der Waals surface area contributed by atoms with E-state index in [-0.39, 0.29) is 11.7 Å². The Labute approximate surface area is 195 Å². The van der Waals surface area contributed by atoms with Gasteiger partial charge in [-0.15, -0.1) is 0 Å². The van der Waals surface area contributed by atoms with Gasteiger partial charge in [-0.25, -0.2) is 19.9 Å². The summed E-state index contributed by atoms with van der Waals surface area (Å²) in [6.45, 7) is 3.88. The van der Waals surface area contributed by atoms with E-state index in [0.29, 0.717) is 51.2 Å². The van der Waals surface area contributed by atoms with Crippen molar-refractivity contribution in [2.45, 2.75) is 38.5 Å². The van der Waals surface area contributed by atoms with Crippen LogP contribution >= 0.6 is 0 Å². The molecule has 5 heterocycles. The Balaban J connectivity index is 1.65. The van der Waals surface area contributed by atoms with E-state index in [9.17, 15) is 4.79 Å². The lowest BCUT2D eigenvalue weighted by atomic mass is 9.81. The highest BCUT2D eigenvalue weighted by Crippen LogP contribution is 2.44. The summed E-state index contributed by atoms with van der Waals surface area (Å²) in [7, 11) is 3.39. The van der Waals surface area contributed by atoms with Crippen LogP contribution in [0, 0.1) is 0 Å². The second-order valence-electron chi connectivity index (χ2n) is 8.42. The van der Waals surface area contributed by atoms with Crippen molar-refractivity contribution < 1.29 is 9.53 Å². The van der Waals surface area contributed by atoms with Crippen molar-refractivity contribution >= 4 is 28.6 Å². The second-order valence-corrected chi connectivity index (χ2v) is 8.42. The molecule has 0 saturated carbocycles. The lowest BCUT2D eigenvalue weighted by Crippen LogP contribution is -2.33. The zero-order valence-electron chi connectivity index (χ0n) is 19.5. The molecule has 34 heavy (non-hydrogen) atoms. The number of carbonyl (C=O) groups excluding carboxylic acids is 1. The van der Waals surface area contributed by atoms with Crippen LogP contribution in [0.15, 0.2) is 24.5 Å². The van der Waals surface area contributed by atoms with Crippen LogP contribution in [0.2, 0.25) is 0 Å². The number of anilines is 2.